The van der Waals surface area contributed by atoms with E-state index < -0.39 is 17.5 Å². The summed E-state index contributed by atoms with van der Waals surface area (Å²) < 4.78 is 0. The number of carboxylic acids is 1. The lowest BCUT2D eigenvalue weighted by Gasteiger charge is -2.25. The third-order valence-corrected chi connectivity index (χ3v) is 2.85. The maximum Gasteiger partial charge on any atom is 0.329 e. The van der Waals surface area contributed by atoms with Gasteiger partial charge in [-0.3, -0.25) is 0 Å². The van der Waals surface area contributed by atoms with E-state index in [1.54, 1.807) is 12.5 Å². The van der Waals surface area contributed by atoms with Gasteiger partial charge in [0.25, 0.3) is 0 Å². The van der Waals surface area contributed by atoms with Crippen molar-refractivity contribution >= 4 is 12.0 Å². The van der Waals surface area contributed by atoms with Crippen LogP contribution in [-0.4, -0.2) is 39.2 Å². The molecule has 1 heterocycles. The van der Waals surface area contributed by atoms with Gasteiger partial charge in [-0.15, -0.1) is 0 Å². The Morgan fingerprint density at radius 3 is 2.79 bits per heavy atom. The fourth-order valence-electron chi connectivity index (χ4n) is 1.75. The second-order valence-electron chi connectivity index (χ2n) is 4.60. The zero-order valence-corrected chi connectivity index (χ0v) is 11.2. The number of carbonyl (C=O) groups excluding carboxylic acids is 1. The first kappa shape index (κ1) is 15.0. The Balaban J connectivity index is 2.38. The van der Waals surface area contributed by atoms with Crippen molar-refractivity contribution in [2.24, 2.45) is 0 Å². The molecule has 1 rings (SSSR count). The van der Waals surface area contributed by atoms with Crippen molar-refractivity contribution in [2.75, 3.05) is 6.54 Å². The molecule has 7 heteroatoms. The van der Waals surface area contributed by atoms with Crippen LogP contribution in [0.3, 0.4) is 0 Å². The highest BCUT2D eigenvalue weighted by Crippen LogP contribution is 2.12. The topological polar surface area (TPSA) is 107 Å². The summed E-state index contributed by atoms with van der Waals surface area (Å²) in [5.41, 5.74) is -0.317. The highest BCUT2D eigenvalue weighted by molar-refractivity contribution is 5.85. The maximum atomic E-state index is 11.7. The fraction of sp³-hybridized carbons (Fsp3) is 0.583. The summed E-state index contributed by atoms with van der Waals surface area (Å²) in [5, 5.41) is 14.3. The van der Waals surface area contributed by atoms with Gasteiger partial charge in [-0.05, 0) is 13.3 Å². The van der Waals surface area contributed by atoms with Gasteiger partial charge in [0.15, 0.2) is 0 Å². The van der Waals surface area contributed by atoms with Crippen LogP contribution in [0, 0.1) is 0 Å². The summed E-state index contributed by atoms with van der Waals surface area (Å²) in [4.78, 5) is 29.6. The van der Waals surface area contributed by atoms with Crippen molar-refractivity contribution in [3.8, 4) is 0 Å². The first-order valence-corrected chi connectivity index (χ1v) is 6.24. The molecule has 0 fully saturated rings. The summed E-state index contributed by atoms with van der Waals surface area (Å²) in [5.74, 6) is -1.03. The van der Waals surface area contributed by atoms with Crippen LogP contribution in [-0.2, 0) is 11.2 Å². The smallest absolute Gasteiger partial charge is 0.329 e. The minimum Gasteiger partial charge on any atom is -0.480 e. The molecule has 1 atom stereocenters. The van der Waals surface area contributed by atoms with Gasteiger partial charge in [-0.2, -0.15) is 0 Å². The van der Waals surface area contributed by atoms with Gasteiger partial charge in [0.05, 0.1) is 6.33 Å². The van der Waals surface area contributed by atoms with Crippen LogP contribution < -0.4 is 10.6 Å². The van der Waals surface area contributed by atoms with E-state index in [4.69, 9.17) is 5.11 Å². The Hall–Kier alpha value is -2.05. The Kier molecular flexibility index (Phi) is 5.35. The second-order valence-corrected chi connectivity index (χ2v) is 4.60. The molecular weight excluding hydrogens is 248 g/mol. The third-order valence-electron chi connectivity index (χ3n) is 2.85. The van der Waals surface area contributed by atoms with E-state index >= 15 is 0 Å². The molecule has 2 amide bonds. The normalized spacial score (nSPS) is 13.6. The molecule has 0 saturated heterocycles. The van der Waals surface area contributed by atoms with Gasteiger partial charge < -0.3 is 20.7 Å². The number of amides is 2. The lowest BCUT2D eigenvalue weighted by Crippen LogP contribution is -2.55. The highest BCUT2D eigenvalue weighted by atomic mass is 16.4. The second kappa shape index (κ2) is 6.77. The van der Waals surface area contributed by atoms with Gasteiger partial charge in [-0.25, -0.2) is 14.6 Å². The number of hydrogen-bond donors (Lipinski definition) is 4. The number of nitrogens with one attached hydrogen (secondary N) is 3. The summed E-state index contributed by atoms with van der Waals surface area (Å²) in [6, 6.07) is -0.474. The molecule has 19 heavy (non-hydrogen) atoms. The molecule has 0 spiro atoms. The van der Waals surface area contributed by atoms with Crippen molar-refractivity contribution in [3.05, 3.63) is 18.2 Å². The molecule has 0 bridgehead atoms. The Labute approximate surface area is 111 Å². The van der Waals surface area contributed by atoms with E-state index in [0.29, 0.717) is 25.8 Å². The van der Waals surface area contributed by atoms with Gasteiger partial charge in [0, 0.05) is 24.9 Å². The number of aromatic amines is 1. The molecule has 0 aliphatic heterocycles. The van der Waals surface area contributed by atoms with Crippen molar-refractivity contribution < 1.29 is 14.7 Å². The molecule has 4 N–H and O–H groups in total. The van der Waals surface area contributed by atoms with Crippen molar-refractivity contribution in [2.45, 2.75) is 38.6 Å². The first-order valence-electron chi connectivity index (χ1n) is 6.24. The van der Waals surface area contributed by atoms with Crippen LogP contribution in [0.1, 0.15) is 32.4 Å². The van der Waals surface area contributed by atoms with Crippen molar-refractivity contribution in [1.29, 1.82) is 0 Å². The van der Waals surface area contributed by atoms with Crippen molar-refractivity contribution in [1.82, 2.24) is 20.6 Å². The lowest BCUT2D eigenvalue weighted by atomic mass is 9.97. The van der Waals surface area contributed by atoms with E-state index in [1.807, 2.05) is 6.92 Å². The molecule has 1 unspecified atom stereocenters. The summed E-state index contributed by atoms with van der Waals surface area (Å²) in [6.45, 7) is 3.79. The van der Waals surface area contributed by atoms with Crippen LogP contribution in [0.5, 0.6) is 0 Å². The predicted octanol–water partition coefficient (Wildman–Crippen LogP) is 0.895. The number of hydrogen-bond acceptors (Lipinski definition) is 3. The van der Waals surface area contributed by atoms with E-state index in [-0.39, 0.29) is 0 Å². The first-order chi connectivity index (χ1) is 8.98. The lowest BCUT2D eigenvalue weighted by molar-refractivity contribution is -0.144. The Morgan fingerprint density at radius 1 is 1.53 bits per heavy atom. The number of nitrogens with zero attached hydrogens (tertiary/aromatic N) is 1. The zero-order chi connectivity index (χ0) is 14.3. The summed E-state index contributed by atoms with van der Waals surface area (Å²) in [7, 11) is 0. The van der Waals surface area contributed by atoms with E-state index in [9.17, 15) is 9.59 Å². The standard InChI is InChI=1S/C12H20N4O3/c1-3-5-12(2,10(17)18)16-11(19)14-6-4-9-7-13-8-15-9/h7-8H,3-6H2,1-2H3,(H,13,15)(H,17,18)(H2,14,16,19). The average Bonchev–Trinajstić information content (AvgIpc) is 2.82. The van der Waals surface area contributed by atoms with Crippen LogP contribution in [0.4, 0.5) is 4.79 Å². The monoisotopic (exact) mass is 268 g/mol. The molecule has 0 aliphatic carbocycles. The van der Waals surface area contributed by atoms with Gasteiger partial charge >= 0.3 is 12.0 Å². The molecule has 7 nitrogen and oxygen atoms in total. The van der Waals surface area contributed by atoms with Crippen LogP contribution in [0.2, 0.25) is 0 Å². The molecule has 0 aliphatic rings. The van der Waals surface area contributed by atoms with Gasteiger partial charge in [0.1, 0.15) is 5.54 Å². The summed E-state index contributed by atoms with van der Waals surface area (Å²) in [6.07, 6.45) is 4.93. The number of rotatable bonds is 7. The quantitative estimate of drug-likeness (QED) is 0.589. The predicted molar refractivity (Wildman–Crippen MR) is 69.8 cm³/mol. The molecule has 0 saturated carbocycles. The third kappa shape index (κ3) is 4.61. The largest absolute Gasteiger partial charge is 0.480 e. The Morgan fingerprint density at radius 2 is 2.26 bits per heavy atom. The molecule has 1 aromatic rings. The molecular formula is C12H20N4O3. The molecule has 1 aromatic heterocycles. The number of carbonyl (C=O) groups is 2. The van der Waals surface area contributed by atoms with Gasteiger partial charge in [0.2, 0.25) is 0 Å². The molecule has 0 radical (unpaired) electrons. The van der Waals surface area contributed by atoms with E-state index in [2.05, 4.69) is 20.6 Å². The van der Waals surface area contributed by atoms with Crippen LogP contribution in [0.15, 0.2) is 12.5 Å². The van der Waals surface area contributed by atoms with E-state index in [0.717, 1.165) is 5.69 Å². The minimum atomic E-state index is -1.23. The number of aromatic nitrogens is 2. The number of H-pyrrole nitrogens is 1. The SMILES string of the molecule is CCCC(C)(NC(=O)NCCc1cnc[nH]1)C(=O)O. The molecule has 106 valence electrons. The highest BCUT2D eigenvalue weighted by Gasteiger charge is 2.33. The number of aliphatic carboxylic acids is 1. The van der Waals surface area contributed by atoms with Crippen LogP contribution >= 0.6 is 0 Å². The number of imidazole rings is 1. The maximum absolute atomic E-state index is 11.7. The zero-order valence-electron chi connectivity index (χ0n) is 11.2. The van der Waals surface area contributed by atoms with E-state index in [1.165, 1.54) is 6.92 Å². The minimum absolute atomic E-state index is 0.385. The van der Waals surface area contributed by atoms with Gasteiger partial charge in [-0.1, -0.05) is 13.3 Å². The fourth-order valence-corrected chi connectivity index (χ4v) is 1.75. The average molecular weight is 268 g/mol. The summed E-state index contributed by atoms with van der Waals surface area (Å²) >= 11 is 0. The van der Waals surface area contributed by atoms with Crippen molar-refractivity contribution in [3.63, 3.8) is 0 Å². The molecule has 0 aromatic carbocycles. The Bertz CT molecular complexity index is 419. The van der Waals surface area contributed by atoms with Crippen LogP contribution in [0.25, 0.3) is 0 Å². The number of urea groups is 1. The number of carboxylic acid groups (broad SMARTS) is 1.